The molecule has 0 radical (unpaired) electrons. The van der Waals surface area contributed by atoms with E-state index in [1.807, 2.05) is 0 Å². The van der Waals surface area contributed by atoms with Crippen molar-refractivity contribution in [3.8, 4) is 0 Å². The Morgan fingerprint density at radius 1 is 1.56 bits per heavy atom. The molecular weight excluding hydrogens is 215 g/mol. The maximum atomic E-state index is 12.5. The number of ether oxygens (including phenoxy) is 2. The van der Waals surface area contributed by atoms with Gasteiger partial charge in [0.25, 0.3) is 0 Å². The molecule has 92 valence electrons. The van der Waals surface area contributed by atoms with E-state index < -0.39 is 11.8 Å². The molecule has 1 aliphatic rings. The summed E-state index contributed by atoms with van der Waals surface area (Å²) in [6.45, 7) is 1.20. The highest BCUT2D eigenvalue weighted by molar-refractivity contribution is 5.83. The van der Waals surface area contributed by atoms with Crippen molar-refractivity contribution in [2.75, 3.05) is 13.2 Å². The molecule has 1 heterocycles. The number of unbranched alkanes of at least 4 members (excludes halogenated alkanes) is 1. The molecule has 0 spiro atoms. The molecule has 0 aromatic rings. The summed E-state index contributed by atoms with van der Waals surface area (Å²) in [5.74, 6) is -2.62. The van der Waals surface area contributed by atoms with Gasteiger partial charge in [-0.25, -0.2) is 4.79 Å². The van der Waals surface area contributed by atoms with Gasteiger partial charge in [0.05, 0.1) is 6.61 Å². The molecule has 4 nitrogen and oxygen atoms in total. The molecule has 5 heteroatoms. The third kappa shape index (κ3) is 5.23. The van der Waals surface area contributed by atoms with Gasteiger partial charge < -0.3 is 14.6 Å². The summed E-state index contributed by atoms with van der Waals surface area (Å²) in [6.07, 6.45) is 4.98. The van der Waals surface area contributed by atoms with Gasteiger partial charge in [0, 0.05) is 6.61 Å². The minimum Gasteiger partial charge on any atom is -0.476 e. The maximum Gasteiger partial charge on any atom is 0.364 e. The van der Waals surface area contributed by atoms with E-state index in [4.69, 9.17) is 14.6 Å². The van der Waals surface area contributed by atoms with E-state index in [0.29, 0.717) is 19.4 Å². The average molecular weight is 232 g/mol. The average Bonchev–Trinajstić information content (AvgIpc) is 2.29. The van der Waals surface area contributed by atoms with Crippen molar-refractivity contribution in [1.82, 2.24) is 0 Å². The van der Waals surface area contributed by atoms with E-state index in [1.165, 1.54) is 0 Å². The Bertz CT molecular complexity index is 246. The lowest BCUT2D eigenvalue weighted by atomic mass is 10.2. The fourth-order valence-electron chi connectivity index (χ4n) is 1.46. The van der Waals surface area contributed by atoms with Crippen molar-refractivity contribution in [2.24, 2.45) is 0 Å². The van der Waals surface area contributed by atoms with Gasteiger partial charge in [0.2, 0.25) is 5.83 Å². The van der Waals surface area contributed by atoms with Gasteiger partial charge >= 0.3 is 5.97 Å². The van der Waals surface area contributed by atoms with Crippen LogP contribution in [0.3, 0.4) is 0 Å². The van der Waals surface area contributed by atoms with Crippen LogP contribution in [0.15, 0.2) is 11.9 Å². The molecule has 0 aromatic heterocycles. The van der Waals surface area contributed by atoms with E-state index in [9.17, 15) is 9.18 Å². The van der Waals surface area contributed by atoms with Crippen LogP contribution in [0.5, 0.6) is 0 Å². The molecule has 1 unspecified atom stereocenters. The first kappa shape index (κ1) is 13.1. The molecule has 1 fully saturated rings. The topological polar surface area (TPSA) is 55.8 Å². The fraction of sp³-hybridized carbons (Fsp3) is 0.727. The molecule has 1 N–H and O–H groups in total. The smallest absolute Gasteiger partial charge is 0.364 e. The van der Waals surface area contributed by atoms with Crippen molar-refractivity contribution >= 4 is 5.97 Å². The fourth-order valence-corrected chi connectivity index (χ4v) is 1.46. The number of allylic oxidation sites excluding steroid dienone is 1. The van der Waals surface area contributed by atoms with E-state index in [1.54, 1.807) is 0 Å². The lowest BCUT2D eigenvalue weighted by Crippen LogP contribution is -2.22. The summed E-state index contributed by atoms with van der Waals surface area (Å²) in [6, 6.07) is 0. The first-order valence-electron chi connectivity index (χ1n) is 5.52. The van der Waals surface area contributed by atoms with Gasteiger partial charge in [-0.2, -0.15) is 4.39 Å². The van der Waals surface area contributed by atoms with Crippen LogP contribution < -0.4 is 0 Å². The number of carboxylic acid groups (broad SMARTS) is 1. The molecule has 0 amide bonds. The van der Waals surface area contributed by atoms with Crippen LogP contribution in [0.2, 0.25) is 0 Å². The summed E-state index contributed by atoms with van der Waals surface area (Å²) < 4.78 is 23.2. The molecule has 0 bridgehead atoms. The molecule has 0 aliphatic carbocycles. The summed E-state index contributed by atoms with van der Waals surface area (Å²) in [4.78, 5) is 10.1. The minimum atomic E-state index is -1.52. The number of halogens is 1. The Balaban J connectivity index is 2.03. The third-order valence-electron chi connectivity index (χ3n) is 2.32. The zero-order chi connectivity index (χ0) is 11.8. The van der Waals surface area contributed by atoms with E-state index in [0.717, 1.165) is 31.9 Å². The predicted octanol–water partition coefficient (Wildman–Crippen LogP) is 2.25. The summed E-state index contributed by atoms with van der Waals surface area (Å²) >= 11 is 0. The quantitative estimate of drug-likeness (QED) is 0.563. The Morgan fingerprint density at radius 2 is 2.38 bits per heavy atom. The molecule has 0 saturated carbocycles. The van der Waals surface area contributed by atoms with E-state index >= 15 is 0 Å². The molecule has 1 rings (SSSR count). The lowest BCUT2D eigenvalue weighted by molar-refractivity contribution is -0.162. The second-order valence-electron chi connectivity index (χ2n) is 3.67. The molecule has 1 aliphatic heterocycles. The third-order valence-corrected chi connectivity index (χ3v) is 2.32. The van der Waals surface area contributed by atoms with Crippen LogP contribution in [-0.4, -0.2) is 30.6 Å². The van der Waals surface area contributed by atoms with Crippen LogP contribution in [0, 0.1) is 0 Å². The van der Waals surface area contributed by atoms with Crippen molar-refractivity contribution in [3.63, 3.8) is 0 Å². The standard InChI is InChI=1S/C11H17FO4/c12-9(11(13)14)5-1-3-7-15-10-6-2-4-8-16-10/h5,10H,1-4,6-8H2,(H,13,14). The zero-order valence-corrected chi connectivity index (χ0v) is 9.15. The van der Waals surface area contributed by atoms with E-state index in [-0.39, 0.29) is 6.29 Å². The van der Waals surface area contributed by atoms with Gasteiger partial charge in [-0.15, -0.1) is 0 Å². The summed E-state index contributed by atoms with van der Waals surface area (Å²) in [7, 11) is 0. The number of carbonyl (C=O) groups is 1. The molecule has 1 saturated heterocycles. The maximum absolute atomic E-state index is 12.5. The van der Waals surface area contributed by atoms with Crippen LogP contribution in [0.25, 0.3) is 0 Å². The first-order valence-corrected chi connectivity index (χ1v) is 5.52. The first-order chi connectivity index (χ1) is 7.70. The van der Waals surface area contributed by atoms with Crippen LogP contribution in [-0.2, 0) is 14.3 Å². The van der Waals surface area contributed by atoms with Gasteiger partial charge in [0.15, 0.2) is 6.29 Å². The normalized spacial score (nSPS) is 22.1. The number of carboxylic acids is 1. The van der Waals surface area contributed by atoms with Crippen molar-refractivity contribution < 1.29 is 23.8 Å². The van der Waals surface area contributed by atoms with Crippen molar-refractivity contribution in [3.05, 3.63) is 11.9 Å². The monoisotopic (exact) mass is 232 g/mol. The molecule has 0 aromatic carbocycles. The lowest BCUT2D eigenvalue weighted by Gasteiger charge is -2.22. The highest BCUT2D eigenvalue weighted by Crippen LogP contribution is 2.14. The Hall–Kier alpha value is -0.940. The van der Waals surface area contributed by atoms with Crippen molar-refractivity contribution in [2.45, 2.75) is 38.4 Å². The van der Waals surface area contributed by atoms with Gasteiger partial charge in [-0.1, -0.05) is 0 Å². The Kier molecular flexibility index (Phi) is 6.03. The summed E-state index contributed by atoms with van der Waals surface area (Å²) in [5, 5.41) is 8.25. The minimum absolute atomic E-state index is 0.137. The highest BCUT2D eigenvalue weighted by Gasteiger charge is 2.13. The molecule has 16 heavy (non-hydrogen) atoms. The van der Waals surface area contributed by atoms with Crippen LogP contribution in [0.1, 0.15) is 32.1 Å². The Labute approximate surface area is 94.0 Å². The number of hydrogen-bond donors (Lipinski definition) is 1. The number of rotatable bonds is 6. The van der Waals surface area contributed by atoms with Gasteiger partial charge in [-0.05, 0) is 38.2 Å². The van der Waals surface area contributed by atoms with Crippen molar-refractivity contribution in [1.29, 1.82) is 0 Å². The SMILES string of the molecule is O=C(O)C(F)=CCCCOC1CCCCO1. The second-order valence-corrected chi connectivity index (χ2v) is 3.67. The number of aliphatic carboxylic acids is 1. The van der Waals surface area contributed by atoms with Crippen LogP contribution >= 0.6 is 0 Å². The molecule has 1 atom stereocenters. The number of hydrogen-bond acceptors (Lipinski definition) is 3. The highest BCUT2D eigenvalue weighted by atomic mass is 19.1. The molecular formula is C11H17FO4. The van der Waals surface area contributed by atoms with E-state index in [2.05, 4.69) is 0 Å². The predicted molar refractivity (Wildman–Crippen MR) is 55.6 cm³/mol. The Morgan fingerprint density at radius 3 is 3.00 bits per heavy atom. The van der Waals surface area contributed by atoms with Gasteiger partial charge in [0.1, 0.15) is 0 Å². The largest absolute Gasteiger partial charge is 0.476 e. The zero-order valence-electron chi connectivity index (χ0n) is 9.15. The summed E-state index contributed by atoms with van der Waals surface area (Å²) in [5.41, 5.74) is 0. The van der Waals surface area contributed by atoms with Crippen LogP contribution in [0.4, 0.5) is 4.39 Å². The van der Waals surface area contributed by atoms with Gasteiger partial charge in [-0.3, -0.25) is 0 Å². The second kappa shape index (κ2) is 7.35.